The molecule has 0 atom stereocenters. The highest BCUT2D eigenvalue weighted by Gasteiger charge is 2.02. The lowest BCUT2D eigenvalue weighted by Crippen LogP contribution is -2.40. The Kier molecular flexibility index (Phi) is 8.69. The SMILES string of the molecule is CC(=O)NCCNC(=O)NCCCOc1ccc(Br)cc1Cl. The smallest absolute Gasteiger partial charge is 0.314 e. The molecule has 1 aromatic carbocycles. The summed E-state index contributed by atoms with van der Waals surface area (Å²) in [6.45, 7) is 3.16. The Balaban J connectivity index is 2.07. The maximum Gasteiger partial charge on any atom is 0.314 e. The van der Waals surface area contributed by atoms with Crippen molar-refractivity contribution in [1.82, 2.24) is 16.0 Å². The zero-order valence-electron chi connectivity index (χ0n) is 12.2. The average molecular weight is 393 g/mol. The Labute approximate surface area is 143 Å². The van der Waals surface area contributed by atoms with E-state index >= 15 is 0 Å². The molecule has 0 aromatic heterocycles. The molecule has 0 spiro atoms. The third kappa shape index (κ3) is 8.09. The summed E-state index contributed by atoms with van der Waals surface area (Å²) >= 11 is 9.34. The van der Waals surface area contributed by atoms with Gasteiger partial charge in [-0.25, -0.2) is 4.79 Å². The van der Waals surface area contributed by atoms with E-state index in [0.717, 1.165) is 4.47 Å². The predicted octanol–water partition coefficient (Wildman–Crippen LogP) is 2.31. The third-order valence-corrected chi connectivity index (χ3v) is 3.33. The first-order valence-corrected chi connectivity index (χ1v) is 8.00. The first kappa shape index (κ1) is 18.6. The molecular formula is C14H19BrClN3O3. The van der Waals surface area contributed by atoms with E-state index in [4.69, 9.17) is 16.3 Å². The number of amides is 3. The molecule has 0 heterocycles. The van der Waals surface area contributed by atoms with Crippen LogP contribution in [0.15, 0.2) is 22.7 Å². The zero-order chi connectivity index (χ0) is 16.4. The molecule has 0 unspecified atom stereocenters. The monoisotopic (exact) mass is 391 g/mol. The van der Waals surface area contributed by atoms with Gasteiger partial charge in [0.2, 0.25) is 5.91 Å². The van der Waals surface area contributed by atoms with Crippen LogP contribution in [0.3, 0.4) is 0 Å². The van der Waals surface area contributed by atoms with Gasteiger partial charge >= 0.3 is 6.03 Å². The largest absolute Gasteiger partial charge is 0.492 e. The molecule has 0 fully saturated rings. The second-order valence-electron chi connectivity index (χ2n) is 4.44. The van der Waals surface area contributed by atoms with Crippen LogP contribution in [0.25, 0.3) is 0 Å². The molecular weight excluding hydrogens is 374 g/mol. The van der Waals surface area contributed by atoms with Crippen molar-refractivity contribution in [1.29, 1.82) is 0 Å². The summed E-state index contributed by atoms with van der Waals surface area (Å²) in [6.07, 6.45) is 0.658. The van der Waals surface area contributed by atoms with Crippen molar-refractivity contribution in [2.45, 2.75) is 13.3 Å². The van der Waals surface area contributed by atoms with E-state index in [-0.39, 0.29) is 11.9 Å². The van der Waals surface area contributed by atoms with Gasteiger partial charge in [0.1, 0.15) is 5.75 Å². The van der Waals surface area contributed by atoms with Gasteiger partial charge in [0.15, 0.2) is 0 Å². The van der Waals surface area contributed by atoms with Crippen LogP contribution in [0.2, 0.25) is 5.02 Å². The Bertz CT molecular complexity index is 514. The molecule has 0 bridgehead atoms. The summed E-state index contributed by atoms with van der Waals surface area (Å²) in [4.78, 5) is 22.0. The normalized spacial score (nSPS) is 9.95. The maximum absolute atomic E-state index is 11.4. The van der Waals surface area contributed by atoms with Crippen LogP contribution in [0.4, 0.5) is 4.79 Å². The van der Waals surface area contributed by atoms with Gasteiger partial charge in [-0.1, -0.05) is 27.5 Å². The minimum absolute atomic E-state index is 0.119. The number of benzene rings is 1. The van der Waals surface area contributed by atoms with Gasteiger partial charge in [-0.05, 0) is 24.6 Å². The van der Waals surface area contributed by atoms with E-state index in [2.05, 4.69) is 31.9 Å². The minimum atomic E-state index is -0.271. The predicted molar refractivity (Wildman–Crippen MR) is 89.3 cm³/mol. The Morgan fingerprint density at radius 1 is 1.18 bits per heavy atom. The van der Waals surface area contributed by atoms with E-state index in [0.29, 0.717) is 43.4 Å². The van der Waals surface area contributed by atoms with Crippen molar-refractivity contribution >= 4 is 39.5 Å². The van der Waals surface area contributed by atoms with Crippen LogP contribution in [0.1, 0.15) is 13.3 Å². The van der Waals surface area contributed by atoms with E-state index < -0.39 is 0 Å². The molecule has 1 rings (SSSR count). The molecule has 0 aliphatic heterocycles. The summed E-state index contributed by atoms with van der Waals surface area (Å²) in [7, 11) is 0. The second kappa shape index (κ2) is 10.3. The van der Waals surface area contributed by atoms with Crippen molar-refractivity contribution in [3.05, 3.63) is 27.7 Å². The van der Waals surface area contributed by atoms with Crippen LogP contribution in [0, 0.1) is 0 Å². The number of hydrogen-bond donors (Lipinski definition) is 3. The number of carbonyl (C=O) groups excluding carboxylic acids is 2. The fourth-order valence-corrected chi connectivity index (χ4v) is 2.25. The minimum Gasteiger partial charge on any atom is -0.492 e. The topological polar surface area (TPSA) is 79.5 Å². The molecule has 0 radical (unpaired) electrons. The zero-order valence-corrected chi connectivity index (χ0v) is 14.6. The van der Waals surface area contributed by atoms with Gasteiger partial charge in [0.25, 0.3) is 0 Å². The van der Waals surface area contributed by atoms with E-state index in [1.54, 1.807) is 12.1 Å². The molecule has 0 aliphatic rings. The fraction of sp³-hybridized carbons (Fsp3) is 0.429. The Morgan fingerprint density at radius 2 is 1.86 bits per heavy atom. The highest BCUT2D eigenvalue weighted by atomic mass is 79.9. The lowest BCUT2D eigenvalue weighted by molar-refractivity contribution is -0.118. The Hall–Kier alpha value is -1.47. The van der Waals surface area contributed by atoms with Gasteiger partial charge in [-0.15, -0.1) is 0 Å². The summed E-state index contributed by atoms with van der Waals surface area (Å²) < 4.78 is 6.42. The summed E-state index contributed by atoms with van der Waals surface area (Å²) in [5.74, 6) is 0.496. The molecule has 22 heavy (non-hydrogen) atoms. The van der Waals surface area contributed by atoms with Crippen LogP contribution in [0.5, 0.6) is 5.75 Å². The van der Waals surface area contributed by atoms with Crippen LogP contribution in [-0.4, -0.2) is 38.2 Å². The van der Waals surface area contributed by atoms with Gasteiger partial charge < -0.3 is 20.7 Å². The molecule has 8 heteroatoms. The number of ether oxygens (including phenoxy) is 1. The number of urea groups is 1. The summed E-state index contributed by atoms with van der Waals surface area (Å²) in [6, 6.07) is 5.13. The van der Waals surface area contributed by atoms with Crippen LogP contribution in [-0.2, 0) is 4.79 Å². The van der Waals surface area contributed by atoms with E-state index in [1.165, 1.54) is 6.92 Å². The molecule has 3 N–H and O–H groups in total. The van der Waals surface area contributed by atoms with E-state index in [9.17, 15) is 9.59 Å². The molecule has 6 nitrogen and oxygen atoms in total. The molecule has 3 amide bonds. The van der Waals surface area contributed by atoms with Gasteiger partial charge in [-0.3, -0.25) is 4.79 Å². The molecule has 0 saturated carbocycles. The first-order chi connectivity index (χ1) is 10.5. The highest BCUT2D eigenvalue weighted by molar-refractivity contribution is 9.10. The molecule has 122 valence electrons. The van der Waals surface area contributed by atoms with Crippen molar-refractivity contribution in [3.8, 4) is 5.75 Å². The van der Waals surface area contributed by atoms with Crippen molar-refractivity contribution in [2.24, 2.45) is 0 Å². The van der Waals surface area contributed by atoms with Crippen molar-refractivity contribution < 1.29 is 14.3 Å². The van der Waals surface area contributed by atoms with Crippen LogP contribution >= 0.6 is 27.5 Å². The molecule has 0 saturated heterocycles. The lowest BCUT2D eigenvalue weighted by Gasteiger charge is -2.10. The molecule has 0 aliphatic carbocycles. The number of carbonyl (C=O) groups is 2. The summed E-state index contributed by atoms with van der Waals surface area (Å²) in [5, 5.41) is 8.45. The number of rotatable bonds is 8. The van der Waals surface area contributed by atoms with Gasteiger partial charge in [0, 0.05) is 31.0 Å². The van der Waals surface area contributed by atoms with E-state index in [1.807, 2.05) is 6.07 Å². The maximum atomic E-state index is 11.4. The second-order valence-corrected chi connectivity index (χ2v) is 5.77. The number of hydrogen-bond acceptors (Lipinski definition) is 3. The number of nitrogens with one attached hydrogen (secondary N) is 3. The fourth-order valence-electron chi connectivity index (χ4n) is 1.53. The quantitative estimate of drug-likeness (QED) is 0.594. The average Bonchev–Trinajstić information content (AvgIpc) is 2.45. The first-order valence-electron chi connectivity index (χ1n) is 6.83. The van der Waals surface area contributed by atoms with Crippen molar-refractivity contribution in [2.75, 3.05) is 26.2 Å². The summed E-state index contributed by atoms with van der Waals surface area (Å²) in [5.41, 5.74) is 0. The van der Waals surface area contributed by atoms with Crippen LogP contribution < -0.4 is 20.7 Å². The number of halogens is 2. The van der Waals surface area contributed by atoms with Gasteiger partial charge in [0.05, 0.1) is 11.6 Å². The van der Waals surface area contributed by atoms with Crippen molar-refractivity contribution in [3.63, 3.8) is 0 Å². The van der Waals surface area contributed by atoms with Gasteiger partial charge in [-0.2, -0.15) is 0 Å². The Morgan fingerprint density at radius 3 is 2.55 bits per heavy atom. The highest BCUT2D eigenvalue weighted by Crippen LogP contribution is 2.27. The lowest BCUT2D eigenvalue weighted by atomic mass is 10.3. The third-order valence-electron chi connectivity index (χ3n) is 2.54. The molecule has 1 aromatic rings. The standard InChI is InChI=1S/C14H19BrClN3O3/c1-10(20)17-6-7-19-14(21)18-5-2-8-22-13-4-3-11(15)9-12(13)16/h3-4,9H,2,5-8H2,1H3,(H,17,20)(H2,18,19,21).